The van der Waals surface area contributed by atoms with Gasteiger partial charge in [-0.25, -0.2) is 4.79 Å². The topological polar surface area (TPSA) is 98.3 Å². The summed E-state index contributed by atoms with van der Waals surface area (Å²) in [4.78, 5) is 12.2. The van der Waals surface area contributed by atoms with E-state index in [4.69, 9.17) is 18.9 Å². The molecule has 1 unspecified atom stereocenters. The number of carbonyl (C=O) groups excluding carboxylic acids is 1. The van der Waals surface area contributed by atoms with Crippen LogP contribution in [0.25, 0.3) is 0 Å². The van der Waals surface area contributed by atoms with Gasteiger partial charge in [0, 0.05) is 18.5 Å². The lowest BCUT2D eigenvalue weighted by atomic mass is 9.82. The lowest BCUT2D eigenvalue weighted by molar-refractivity contribution is 0.168. The van der Waals surface area contributed by atoms with E-state index in [0.717, 1.165) is 28.2 Å². The van der Waals surface area contributed by atoms with Crippen LogP contribution in [0, 0.1) is 0 Å². The molecule has 0 heterocycles. The van der Waals surface area contributed by atoms with Gasteiger partial charge in [-0.1, -0.05) is 91.0 Å². The van der Waals surface area contributed by atoms with Crippen molar-refractivity contribution in [1.82, 2.24) is 5.32 Å². The third-order valence-electron chi connectivity index (χ3n) is 8.27. The summed E-state index contributed by atoms with van der Waals surface area (Å²) in [7, 11) is 4.62. The summed E-state index contributed by atoms with van der Waals surface area (Å²) in [6, 6.07) is 41.5. The van der Waals surface area contributed by atoms with Crippen LogP contribution < -0.4 is 24.8 Å². The predicted octanol–water partition coefficient (Wildman–Crippen LogP) is 7.53. The molecule has 0 radical (unpaired) electrons. The molecule has 5 aromatic carbocycles. The molecule has 8 heteroatoms. The second kappa shape index (κ2) is 17.0. The minimum absolute atomic E-state index is 0.0699. The van der Waals surface area contributed by atoms with Gasteiger partial charge >= 0.3 is 6.09 Å². The predicted molar refractivity (Wildman–Crippen MR) is 188 cm³/mol. The standard InChI is InChI=1S/C40H42N2O6/c1-45-33-19-14-30(15-20-33)39(31-16-21-34(46-2)22-17-31)36(24-28-10-6-4-7-11-28)41-26-37(43)32-18-23-38(35(25-32)42-40(44)47-3)48-27-29-12-8-5-9-13-29/h4-23,25,36-37,39,41,43H,24,26-27H2,1-3H3,(H,42,44)/t36?,37-/m0/s1. The van der Waals surface area contributed by atoms with E-state index in [9.17, 15) is 9.90 Å². The molecule has 0 bridgehead atoms. The fraction of sp³-hybridized carbons (Fsp3) is 0.225. The van der Waals surface area contributed by atoms with Gasteiger partial charge in [0.25, 0.3) is 0 Å². The van der Waals surface area contributed by atoms with Gasteiger partial charge in [0.2, 0.25) is 0 Å². The van der Waals surface area contributed by atoms with Crippen molar-refractivity contribution in [2.45, 2.75) is 31.1 Å². The first kappa shape index (κ1) is 34.0. The Labute approximate surface area is 282 Å². The zero-order chi connectivity index (χ0) is 33.7. The van der Waals surface area contributed by atoms with Gasteiger partial charge in [-0.15, -0.1) is 0 Å². The third kappa shape index (κ3) is 9.15. The quantitative estimate of drug-likeness (QED) is 0.108. The highest BCUT2D eigenvalue weighted by atomic mass is 16.5. The van der Waals surface area contributed by atoms with Crippen molar-refractivity contribution in [1.29, 1.82) is 0 Å². The average Bonchev–Trinajstić information content (AvgIpc) is 3.14. The number of aliphatic hydroxyl groups excluding tert-OH is 1. The number of nitrogens with one attached hydrogen (secondary N) is 2. The summed E-state index contributed by atoms with van der Waals surface area (Å²) in [6.07, 6.45) is -0.816. The minimum atomic E-state index is -0.892. The zero-order valence-electron chi connectivity index (χ0n) is 27.5. The Morgan fingerprint density at radius 1 is 0.688 bits per heavy atom. The highest BCUT2D eigenvalue weighted by molar-refractivity contribution is 5.86. The molecule has 0 aliphatic rings. The Bertz CT molecular complexity index is 1670. The van der Waals surface area contributed by atoms with Crippen LogP contribution >= 0.6 is 0 Å². The van der Waals surface area contributed by atoms with Crippen molar-refractivity contribution in [3.63, 3.8) is 0 Å². The van der Waals surface area contributed by atoms with Crippen molar-refractivity contribution in [2.75, 3.05) is 33.2 Å². The van der Waals surface area contributed by atoms with Crippen LogP contribution in [0.4, 0.5) is 10.5 Å². The number of hydrogen-bond acceptors (Lipinski definition) is 7. The average molecular weight is 647 g/mol. The molecule has 2 atom stereocenters. The number of carbonyl (C=O) groups is 1. The summed E-state index contributed by atoms with van der Waals surface area (Å²) in [5, 5.41) is 18.0. The summed E-state index contributed by atoms with van der Waals surface area (Å²) in [5.41, 5.74) is 5.39. The van der Waals surface area contributed by atoms with Gasteiger partial charge in [0.15, 0.2) is 0 Å². The largest absolute Gasteiger partial charge is 0.497 e. The van der Waals surface area contributed by atoms with Crippen LogP contribution in [0.2, 0.25) is 0 Å². The molecule has 0 saturated carbocycles. The molecule has 5 aromatic rings. The van der Waals surface area contributed by atoms with Crippen molar-refractivity contribution in [2.24, 2.45) is 0 Å². The lowest BCUT2D eigenvalue weighted by Crippen LogP contribution is -2.39. The van der Waals surface area contributed by atoms with E-state index in [1.54, 1.807) is 26.4 Å². The molecule has 0 aliphatic heterocycles. The van der Waals surface area contributed by atoms with Gasteiger partial charge in [0.1, 0.15) is 23.9 Å². The highest BCUT2D eigenvalue weighted by Crippen LogP contribution is 2.34. The monoisotopic (exact) mass is 646 g/mol. The van der Waals surface area contributed by atoms with Crippen LogP contribution in [-0.2, 0) is 17.8 Å². The summed E-state index contributed by atoms with van der Waals surface area (Å²) >= 11 is 0. The maximum atomic E-state index is 12.2. The number of ether oxygens (including phenoxy) is 4. The van der Waals surface area contributed by atoms with E-state index < -0.39 is 12.2 Å². The molecule has 48 heavy (non-hydrogen) atoms. The van der Waals surface area contributed by atoms with Crippen LogP contribution in [0.1, 0.15) is 39.8 Å². The molecule has 0 aliphatic carbocycles. The van der Waals surface area contributed by atoms with E-state index in [1.807, 2.05) is 78.9 Å². The van der Waals surface area contributed by atoms with Crippen LogP contribution in [0.3, 0.4) is 0 Å². The molecule has 3 N–H and O–H groups in total. The maximum absolute atomic E-state index is 12.2. The van der Waals surface area contributed by atoms with Crippen molar-refractivity contribution in [3.05, 3.63) is 155 Å². The van der Waals surface area contributed by atoms with E-state index in [0.29, 0.717) is 30.0 Å². The molecule has 5 rings (SSSR count). The van der Waals surface area contributed by atoms with Gasteiger partial charge in [0.05, 0.1) is 33.1 Å². The first-order valence-electron chi connectivity index (χ1n) is 15.9. The summed E-state index contributed by atoms with van der Waals surface area (Å²) < 4.78 is 21.8. The molecule has 248 valence electrons. The zero-order valence-corrected chi connectivity index (χ0v) is 27.5. The first-order chi connectivity index (χ1) is 23.5. The molecule has 0 aromatic heterocycles. The fourth-order valence-corrected chi connectivity index (χ4v) is 5.71. The number of benzene rings is 5. The SMILES string of the molecule is COC(=O)Nc1cc([C@@H](O)CNC(Cc2ccccc2)C(c2ccc(OC)cc2)c2ccc(OC)cc2)ccc1OCc1ccccc1. The number of hydrogen-bond donors (Lipinski definition) is 3. The summed E-state index contributed by atoms with van der Waals surface area (Å²) in [6.45, 7) is 0.571. The number of amides is 1. The summed E-state index contributed by atoms with van der Waals surface area (Å²) in [5.74, 6) is 1.96. The second-order valence-electron chi connectivity index (χ2n) is 11.4. The normalized spacial score (nSPS) is 12.2. The number of rotatable bonds is 15. The highest BCUT2D eigenvalue weighted by Gasteiger charge is 2.27. The van der Waals surface area contributed by atoms with Gasteiger partial charge in [-0.2, -0.15) is 0 Å². The molecular formula is C40H42N2O6. The molecule has 1 amide bonds. The molecule has 0 saturated heterocycles. The van der Waals surface area contributed by atoms with E-state index >= 15 is 0 Å². The lowest BCUT2D eigenvalue weighted by Gasteiger charge is -2.31. The van der Waals surface area contributed by atoms with Crippen molar-refractivity contribution in [3.8, 4) is 17.2 Å². The number of methoxy groups -OCH3 is 3. The van der Waals surface area contributed by atoms with Gasteiger partial charge in [-0.3, -0.25) is 5.32 Å². The number of anilines is 1. The molecule has 8 nitrogen and oxygen atoms in total. The van der Waals surface area contributed by atoms with Crippen LogP contribution in [-0.4, -0.2) is 45.1 Å². The smallest absolute Gasteiger partial charge is 0.411 e. The molecule has 0 spiro atoms. The van der Waals surface area contributed by atoms with E-state index in [-0.39, 0.29) is 18.5 Å². The Hall–Kier alpha value is -5.31. The van der Waals surface area contributed by atoms with E-state index in [1.165, 1.54) is 12.7 Å². The van der Waals surface area contributed by atoms with Crippen LogP contribution in [0.5, 0.6) is 17.2 Å². The minimum Gasteiger partial charge on any atom is -0.497 e. The second-order valence-corrected chi connectivity index (χ2v) is 11.4. The van der Waals surface area contributed by atoms with Crippen LogP contribution in [0.15, 0.2) is 127 Å². The number of aliphatic hydroxyl groups is 1. The van der Waals surface area contributed by atoms with Crippen molar-refractivity contribution >= 4 is 11.8 Å². The Morgan fingerprint density at radius 3 is 1.77 bits per heavy atom. The third-order valence-corrected chi connectivity index (χ3v) is 8.27. The Kier molecular flexibility index (Phi) is 12.1. The van der Waals surface area contributed by atoms with Gasteiger partial charge < -0.3 is 29.4 Å². The van der Waals surface area contributed by atoms with Gasteiger partial charge in [-0.05, 0) is 70.6 Å². The fourth-order valence-electron chi connectivity index (χ4n) is 5.71. The van der Waals surface area contributed by atoms with Crippen molar-refractivity contribution < 1.29 is 28.8 Å². The van der Waals surface area contributed by atoms with E-state index in [2.05, 4.69) is 47.0 Å². The maximum Gasteiger partial charge on any atom is 0.411 e. The molecular weight excluding hydrogens is 604 g/mol. The molecule has 0 fully saturated rings. The first-order valence-corrected chi connectivity index (χ1v) is 15.9. The Morgan fingerprint density at radius 2 is 1.23 bits per heavy atom. The Balaban J connectivity index is 1.42.